The molecule has 0 unspecified atom stereocenters. The van der Waals surface area contributed by atoms with Crippen molar-refractivity contribution < 1.29 is 19.1 Å². The number of hydrogen-bond donors (Lipinski definition) is 2. The number of carbonyl (C=O) groups excluding carboxylic acids is 2. The van der Waals surface area contributed by atoms with E-state index in [1.165, 1.54) is 6.08 Å². The van der Waals surface area contributed by atoms with Crippen molar-refractivity contribution in [2.75, 3.05) is 18.5 Å². The van der Waals surface area contributed by atoms with Crippen LogP contribution in [-0.2, 0) is 9.59 Å². The molecule has 0 bridgehead atoms. The van der Waals surface area contributed by atoms with Gasteiger partial charge in [-0.25, -0.2) is 0 Å². The van der Waals surface area contributed by atoms with Crippen LogP contribution in [0.2, 0.25) is 5.02 Å². The Balaban J connectivity index is 2.24. The highest BCUT2D eigenvalue weighted by Crippen LogP contribution is 2.29. The number of nitrogens with one attached hydrogen (secondary N) is 1. The highest BCUT2D eigenvalue weighted by atomic mass is 35.5. The molecule has 0 atom stereocenters. The van der Waals surface area contributed by atoms with Crippen molar-refractivity contribution in [3.05, 3.63) is 58.6 Å². The summed E-state index contributed by atoms with van der Waals surface area (Å²) in [6.07, 6.45) is 1.42. The number of nitriles is 1. The minimum Gasteiger partial charge on any atom is -0.490 e. The van der Waals surface area contributed by atoms with E-state index in [1.54, 1.807) is 49.4 Å². The maximum absolute atomic E-state index is 12.4. The fourth-order valence-corrected chi connectivity index (χ4v) is 2.42. The average Bonchev–Trinajstić information content (AvgIpc) is 2.65. The van der Waals surface area contributed by atoms with E-state index >= 15 is 0 Å². The molecule has 7 nitrogen and oxygen atoms in total. The van der Waals surface area contributed by atoms with E-state index in [1.807, 2.05) is 6.07 Å². The van der Waals surface area contributed by atoms with Crippen molar-refractivity contribution in [1.82, 2.24) is 0 Å². The minimum absolute atomic E-state index is 0.103. The van der Waals surface area contributed by atoms with Crippen molar-refractivity contribution in [2.24, 2.45) is 5.73 Å². The first kappa shape index (κ1) is 20.8. The second-order valence-electron chi connectivity index (χ2n) is 5.53. The summed E-state index contributed by atoms with van der Waals surface area (Å²) < 4.78 is 10.8. The van der Waals surface area contributed by atoms with Crippen LogP contribution in [0.1, 0.15) is 12.5 Å². The number of nitrogens with zero attached hydrogens (tertiary/aromatic N) is 1. The van der Waals surface area contributed by atoms with E-state index in [0.29, 0.717) is 34.4 Å². The van der Waals surface area contributed by atoms with Crippen molar-refractivity contribution in [3.8, 4) is 17.6 Å². The van der Waals surface area contributed by atoms with E-state index < -0.39 is 11.8 Å². The molecule has 0 aromatic heterocycles. The van der Waals surface area contributed by atoms with E-state index in [0.717, 1.165) is 0 Å². The standard InChI is InChI=1S/C20H18ClN3O4/c1-2-27-18-9-13(6-7-17(18)28-12-19(23)25)8-14(11-22)20(26)24-16-5-3-4-15(21)10-16/h3-10H,2,12H2,1H3,(H2,23,25)(H,24,26)/b14-8+. The van der Waals surface area contributed by atoms with Crippen LogP contribution in [0.5, 0.6) is 11.5 Å². The summed E-state index contributed by atoms with van der Waals surface area (Å²) in [5, 5.41) is 12.4. The molecule has 0 aliphatic rings. The zero-order chi connectivity index (χ0) is 20.5. The molecule has 8 heteroatoms. The molecule has 0 aliphatic heterocycles. The molecule has 144 valence electrons. The number of rotatable bonds is 8. The lowest BCUT2D eigenvalue weighted by atomic mass is 10.1. The van der Waals surface area contributed by atoms with E-state index in [9.17, 15) is 14.9 Å². The van der Waals surface area contributed by atoms with Gasteiger partial charge in [0.25, 0.3) is 11.8 Å². The van der Waals surface area contributed by atoms with Gasteiger partial charge in [-0.2, -0.15) is 5.26 Å². The third-order valence-corrected chi connectivity index (χ3v) is 3.63. The lowest BCUT2D eigenvalue weighted by Gasteiger charge is -2.11. The first-order valence-electron chi connectivity index (χ1n) is 8.29. The van der Waals surface area contributed by atoms with Crippen LogP contribution in [0.15, 0.2) is 48.0 Å². The maximum atomic E-state index is 12.4. The van der Waals surface area contributed by atoms with Crippen molar-refractivity contribution in [3.63, 3.8) is 0 Å². The molecule has 3 N–H and O–H groups in total. The van der Waals surface area contributed by atoms with Crippen LogP contribution >= 0.6 is 11.6 Å². The van der Waals surface area contributed by atoms with Crippen LogP contribution in [0.25, 0.3) is 6.08 Å². The SMILES string of the molecule is CCOc1cc(/C=C(\C#N)C(=O)Nc2cccc(Cl)c2)ccc1OCC(N)=O. The fraction of sp³-hybridized carbons (Fsp3) is 0.150. The number of benzene rings is 2. The highest BCUT2D eigenvalue weighted by molar-refractivity contribution is 6.31. The number of ether oxygens (including phenoxy) is 2. The van der Waals surface area contributed by atoms with Gasteiger partial charge in [-0.1, -0.05) is 23.7 Å². The summed E-state index contributed by atoms with van der Waals surface area (Å²) in [5.74, 6) is -0.489. The zero-order valence-electron chi connectivity index (χ0n) is 15.1. The smallest absolute Gasteiger partial charge is 0.266 e. The molecule has 0 radical (unpaired) electrons. The van der Waals surface area contributed by atoms with Gasteiger partial charge in [0.15, 0.2) is 18.1 Å². The van der Waals surface area contributed by atoms with E-state index in [4.69, 9.17) is 26.8 Å². The summed E-state index contributed by atoms with van der Waals surface area (Å²) in [4.78, 5) is 23.3. The number of anilines is 1. The molecule has 0 heterocycles. The molecular weight excluding hydrogens is 382 g/mol. The number of halogens is 1. The molecular formula is C20H18ClN3O4. The normalized spacial score (nSPS) is 10.7. The molecule has 0 saturated carbocycles. The van der Waals surface area contributed by atoms with Crippen molar-refractivity contribution >= 4 is 35.2 Å². The third kappa shape index (κ3) is 6.04. The molecule has 2 rings (SSSR count). The van der Waals surface area contributed by atoms with Crippen LogP contribution in [-0.4, -0.2) is 25.0 Å². The minimum atomic E-state index is -0.615. The Morgan fingerprint density at radius 3 is 2.64 bits per heavy atom. The molecule has 2 aromatic carbocycles. The first-order chi connectivity index (χ1) is 13.4. The lowest BCUT2D eigenvalue weighted by molar-refractivity contribution is -0.120. The Labute approximate surface area is 167 Å². The van der Waals surface area contributed by atoms with Crippen LogP contribution in [0, 0.1) is 11.3 Å². The third-order valence-electron chi connectivity index (χ3n) is 3.40. The summed E-state index contributed by atoms with van der Waals surface area (Å²) >= 11 is 5.89. The Kier molecular flexibility index (Phi) is 7.43. The molecule has 0 spiro atoms. The lowest BCUT2D eigenvalue weighted by Crippen LogP contribution is -2.20. The van der Waals surface area contributed by atoms with Crippen LogP contribution in [0.4, 0.5) is 5.69 Å². The van der Waals surface area contributed by atoms with Gasteiger partial charge in [-0.15, -0.1) is 0 Å². The molecule has 0 fully saturated rings. The first-order valence-corrected chi connectivity index (χ1v) is 8.67. The summed E-state index contributed by atoms with van der Waals surface area (Å²) in [6.45, 7) is 1.86. The van der Waals surface area contributed by atoms with Gasteiger partial charge < -0.3 is 20.5 Å². The van der Waals surface area contributed by atoms with Crippen molar-refractivity contribution in [1.29, 1.82) is 5.26 Å². The summed E-state index contributed by atoms with van der Waals surface area (Å²) in [7, 11) is 0. The predicted molar refractivity (Wildman–Crippen MR) is 106 cm³/mol. The topological polar surface area (TPSA) is 114 Å². The second-order valence-corrected chi connectivity index (χ2v) is 5.96. The molecule has 2 amide bonds. The average molecular weight is 400 g/mol. The van der Waals surface area contributed by atoms with E-state index in [-0.39, 0.29) is 12.2 Å². The highest BCUT2D eigenvalue weighted by Gasteiger charge is 2.12. The Morgan fingerprint density at radius 1 is 1.21 bits per heavy atom. The molecule has 2 aromatic rings. The van der Waals surface area contributed by atoms with Gasteiger partial charge in [0.05, 0.1) is 6.61 Å². The predicted octanol–water partition coefficient (Wildman–Crippen LogP) is 3.15. The number of amides is 2. The molecule has 0 saturated heterocycles. The maximum Gasteiger partial charge on any atom is 0.266 e. The Bertz CT molecular complexity index is 951. The summed E-state index contributed by atoms with van der Waals surface area (Å²) in [6, 6.07) is 13.3. The second kappa shape index (κ2) is 10.00. The Morgan fingerprint density at radius 2 is 2.00 bits per heavy atom. The van der Waals surface area contributed by atoms with Gasteiger partial charge in [-0.3, -0.25) is 9.59 Å². The molecule has 28 heavy (non-hydrogen) atoms. The van der Waals surface area contributed by atoms with Gasteiger partial charge in [0.2, 0.25) is 0 Å². The van der Waals surface area contributed by atoms with E-state index in [2.05, 4.69) is 5.32 Å². The van der Waals surface area contributed by atoms with Gasteiger partial charge in [0, 0.05) is 10.7 Å². The van der Waals surface area contributed by atoms with Gasteiger partial charge in [0.1, 0.15) is 11.6 Å². The zero-order valence-corrected chi connectivity index (χ0v) is 15.8. The van der Waals surface area contributed by atoms with Crippen LogP contribution < -0.4 is 20.5 Å². The number of nitrogens with two attached hydrogens (primary N) is 1. The number of hydrogen-bond acceptors (Lipinski definition) is 5. The van der Waals surface area contributed by atoms with Gasteiger partial charge in [-0.05, 0) is 48.9 Å². The number of primary amides is 1. The van der Waals surface area contributed by atoms with Crippen molar-refractivity contribution in [2.45, 2.75) is 6.92 Å². The fourth-order valence-electron chi connectivity index (χ4n) is 2.23. The summed E-state index contributed by atoms with van der Waals surface area (Å²) in [5.41, 5.74) is 6.00. The van der Waals surface area contributed by atoms with Crippen LogP contribution in [0.3, 0.4) is 0 Å². The molecule has 0 aliphatic carbocycles. The number of carbonyl (C=O) groups is 2. The largest absolute Gasteiger partial charge is 0.490 e. The quantitative estimate of drug-likeness (QED) is 0.522. The Hall–Kier alpha value is -3.50. The monoisotopic (exact) mass is 399 g/mol. The van der Waals surface area contributed by atoms with Gasteiger partial charge >= 0.3 is 0 Å².